The van der Waals surface area contributed by atoms with E-state index in [9.17, 15) is 9.59 Å². The summed E-state index contributed by atoms with van der Waals surface area (Å²) < 4.78 is 10.6. The molecule has 1 aromatic heterocycles. The fourth-order valence-corrected chi connectivity index (χ4v) is 3.74. The van der Waals surface area contributed by atoms with E-state index in [1.54, 1.807) is 11.1 Å². The maximum Gasteiger partial charge on any atom is 0.410 e. The lowest BCUT2D eigenvalue weighted by atomic mass is 9.80. The van der Waals surface area contributed by atoms with Crippen molar-refractivity contribution >= 4 is 12.1 Å². The highest BCUT2D eigenvalue weighted by molar-refractivity contribution is 5.80. The molecule has 1 saturated heterocycles. The number of carbonyl (C=O) groups excluding carboxylic acids is 2. The van der Waals surface area contributed by atoms with Gasteiger partial charge in [0.05, 0.1) is 12.5 Å². The van der Waals surface area contributed by atoms with Gasteiger partial charge in [-0.25, -0.2) is 4.79 Å². The number of aromatic nitrogens is 1. The van der Waals surface area contributed by atoms with E-state index in [2.05, 4.69) is 11.1 Å². The van der Waals surface area contributed by atoms with Crippen molar-refractivity contribution in [2.24, 2.45) is 5.41 Å². The number of benzene rings is 1. The number of esters is 1. The second kappa shape index (κ2) is 8.23. The van der Waals surface area contributed by atoms with Crippen LogP contribution in [0.2, 0.25) is 0 Å². The predicted octanol–water partition coefficient (Wildman–Crippen LogP) is 4.09. The first kappa shape index (κ1) is 20.8. The van der Waals surface area contributed by atoms with E-state index >= 15 is 0 Å². The van der Waals surface area contributed by atoms with Gasteiger partial charge < -0.3 is 14.4 Å². The van der Waals surface area contributed by atoms with Crippen LogP contribution in [0.25, 0.3) is 11.1 Å². The highest BCUT2D eigenvalue weighted by atomic mass is 16.6. The summed E-state index contributed by atoms with van der Waals surface area (Å²) in [5, 5.41) is 0. The van der Waals surface area contributed by atoms with Crippen LogP contribution in [0.3, 0.4) is 0 Å². The van der Waals surface area contributed by atoms with Crippen LogP contribution in [0.15, 0.2) is 48.8 Å². The van der Waals surface area contributed by atoms with Crippen molar-refractivity contribution in [2.75, 3.05) is 20.2 Å². The number of ether oxygens (including phenoxy) is 2. The molecule has 1 atom stereocenters. The van der Waals surface area contributed by atoms with E-state index in [0.717, 1.165) is 16.7 Å². The summed E-state index contributed by atoms with van der Waals surface area (Å²) in [6.45, 7) is 6.24. The number of rotatable bonds is 4. The molecule has 6 heteroatoms. The van der Waals surface area contributed by atoms with E-state index in [1.807, 2.05) is 57.3 Å². The summed E-state index contributed by atoms with van der Waals surface area (Å²) in [6, 6.07) is 12.0. The molecular weight excluding hydrogens is 368 g/mol. The summed E-state index contributed by atoms with van der Waals surface area (Å²) in [7, 11) is 1.40. The van der Waals surface area contributed by atoms with Crippen molar-refractivity contribution in [3.63, 3.8) is 0 Å². The zero-order valence-electron chi connectivity index (χ0n) is 17.5. The van der Waals surface area contributed by atoms with E-state index in [4.69, 9.17) is 9.47 Å². The number of carbonyl (C=O) groups is 2. The highest BCUT2D eigenvalue weighted by Crippen LogP contribution is 2.37. The molecule has 0 unspecified atom stereocenters. The SMILES string of the molecule is COC(=O)[C@@]1(Cc2cccc(-c3cccnc3)c2)CCN(C(=O)OC(C)(C)C)C1. The van der Waals surface area contributed by atoms with Crippen molar-refractivity contribution in [3.8, 4) is 11.1 Å². The van der Waals surface area contributed by atoms with E-state index < -0.39 is 17.1 Å². The zero-order valence-corrected chi connectivity index (χ0v) is 17.5. The maximum absolute atomic E-state index is 12.7. The smallest absolute Gasteiger partial charge is 0.410 e. The van der Waals surface area contributed by atoms with Gasteiger partial charge in [-0.2, -0.15) is 0 Å². The number of pyridine rings is 1. The van der Waals surface area contributed by atoms with E-state index in [0.29, 0.717) is 19.4 Å². The van der Waals surface area contributed by atoms with Crippen LogP contribution in [0.1, 0.15) is 32.8 Å². The molecule has 2 heterocycles. The molecule has 0 saturated carbocycles. The van der Waals surface area contributed by atoms with Crippen LogP contribution in [-0.4, -0.2) is 47.7 Å². The van der Waals surface area contributed by atoms with E-state index in [-0.39, 0.29) is 12.5 Å². The minimum absolute atomic E-state index is 0.283. The minimum atomic E-state index is -0.779. The highest BCUT2D eigenvalue weighted by Gasteiger charge is 2.47. The summed E-state index contributed by atoms with van der Waals surface area (Å²) in [6.07, 6.45) is 4.19. The molecule has 0 radical (unpaired) electrons. The van der Waals surface area contributed by atoms with Gasteiger partial charge >= 0.3 is 12.1 Å². The molecule has 0 aliphatic carbocycles. The molecule has 0 spiro atoms. The molecule has 154 valence electrons. The molecule has 29 heavy (non-hydrogen) atoms. The van der Waals surface area contributed by atoms with Gasteiger partial charge in [0.15, 0.2) is 0 Å². The first-order valence-electron chi connectivity index (χ1n) is 9.78. The van der Waals surface area contributed by atoms with Gasteiger partial charge in [0.2, 0.25) is 0 Å². The van der Waals surface area contributed by atoms with Crippen molar-refractivity contribution in [1.29, 1.82) is 0 Å². The number of hydrogen-bond acceptors (Lipinski definition) is 5. The Balaban J connectivity index is 1.82. The standard InChI is InChI=1S/C23H28N2O4/c1-22(2,3)29-21(27)25-12-10-23(16-25,20(26)28-4)14-17-7-5-8-18(13-17)19-9-6-11-24-15-19/h5-9,11,13,15H,10,12,14,16H2,1-4H3/t23-/m1/s1. The quantitative estimate of drug-likeness (QED) is 0.728. The van der Waals surface area contributed by atoms with Crippen LogP contribution in [0.4, 0.5) is 4.79 Å². The van der Waals surface area contributed by atoms with Crippen molar-refractivity contribution in [3.05, 3.63) is 54.4 Å². The Morgan fingerprint density at radius 1 is 1.17 bits per heavy atom. The van der Waals surface area contributed by atoms with Gasteiger partial charge in [0.1, 0.15) is 5.60 Å². The summed E-state index contributed by atoms with van der Waals surface area (Å²) in [4.78, 5) is 31.0. The van der Waals surface area contributed by atoms with Gasteiger partial charge in [-0.3, -0.25) is 9.78 Å². The minimum Gasteiger partial charge on any atom is -0.469 e. The molecule has 1 aliphatic heterocycles. The zero-order chi connectivity index (χ0) is 21.1. The normalized spacial score (nSPS) is 19.1. The van der Waals surface area contributed by atoms with Crippen LogP contribution in [0, 0.1) is 5.41 Å². The predicted molar refractivity (Wildman–Crippen MR) is 110 cm³/mol. The van der Waals surface area contributed by atoms with Crippen LogP contribution in [0.5, 0.6) is 0 Å². The van der Waals surface area contributed by atoms with Crippen molar-refractivity contribution in [1.82, 2.24) is 9.88 Å². The second-order valence-electron chi connectivity index (χ2n) is 8.54. The molecule has 1 fully saturated rings. The van der Waals surface area contributed by atoms with Gasteiger partial charge in [-0.1, -0.05) is 30.3 Å². The lowest BCUT2D eigenvalue weighted by Gasteiger charge is -2.28. The second-order valence-corrected chi connectivity index (χ2v) is 8.54. The van der Waals surface area contributed by atoms with Crippen molar-refractivity contribution < 1.29 is 19.1 Å². The molecule has 0 bridgehead atoms. The van der Waals surface area contributed by atoms with Crippen LogP contribution < -0.4 is 0 Å². The fourth-order valence-electron chi connectivity index (χ4n) is 3.74. The maximum atomic E-state index is 12.7. The first-order chi connectivity index (χ1) is 13.7. The molecule has 1 amide bonds. The Kier molecular flexibility index (Phi) is 5.91. The van der Waals surface area contributed by atoms with Gasteiger partial charge in [0.25, 0.3) is 0 Å². The topological polar surface area (TPSA) is 68.7 Å². The number of methoxy groups -OCH3 is 1. The average Bonchev–Trinajstić information content (AvgIpc) is 3.12. The Bertz CT molecular complexity index is 876. The summed E-state index contributed by atoms with van der Waals surface area (Å²) in [5.74, 6) is -0.296. The van der Waals surface area contributed by atoms with Gasteiger partial charge in [-0.15, -0.1) is 0 Å². The lowest BCUT2D eigenvalue weighted by molar-refractivity contribution is -0.152. The number of likely N-dealkylation sites (tertiary alicyclic amines) is 1. The largest absolute Gasteiger partial charge is 0.469 e. The Morgan fingerprint density at radius 3 is 2.59 bits per heavy atom. The molecule has 0 N–H and O–H groups in total. The summed E-state index contributed by atoms with van der Waals surface area (Å²) >= 11 is 0. The Hall–Kier alpha value is -2.89. The van der Waals surface area contributed by atoms with E-state index in [1.165, 1.54) is 7.11 Å². The average molecular weight is 396 g/mol. The lowest BCUT2D eigenvalue weighted by Crippen LogP contribution is -2.41. The molecule has 1 aromatic carbocycles. The third-order valence-corrected chi connectivity index (χ3v) is 5.09. The molecular formula is C23H28N2O4. The Labute approximate surface area is 171 Å². The number of hydrogen-bond donors (Lipinski definition) is 0. The number of nitrogens with zero attached hydrogens (tertiary/aromatic N) is 2. The van der Waals surface area contributed by atoms with Crippen LogP contribution >= 0.6 is 0 Å². The number of amides is 1. The van der Waals surface area contributed by atoms with Gasteiger partial charge in [0, 0.05) is 25.5 Å². The molecule has 6 nitrogen and oxygen atoms in total. The van der Waals surface area contributed by atoms with Gasteiger partial charge in [-0.05, 0) is 56.4 Å². The molecule has 3 rings (SSSR count). The first-order valence-corrected chi connectivity index (χ1v) is 9.78. The molecule has 1 aliphatic rings. The fraction of sp³-hybridized carbons (Fsp3) is 0.435. The van der Waals surface area contributed by atoms with Crippen molar-refractivity contribution in [2.45, 2.75) is 39.2 Å². The monoisotopic (exact) mass is 396 g/mol. The third-order valence-electron chi connectivity index (χ3n) is 5.09. The Morgan fingerprint density at radius 2 is 1.93 bits per heavy atom. The third kappa shape index (κ3) is 4.94. The van der Waals surface area contributed by atoms with Crippen LogP contribution in [-0.2, 0) is 20.7 Å². The summed E-state index contributed by atoms with van der Waals surface area (Å²) in [5.41, 5.74) is 1.72. The molecule has 2 aromatic rings.